The summed E-state index contributed by atoms with van der Waals surface area (Å²) >= 11 is 0. The highest BCUT2D eigenvalue weighted by molar-refractivity contribution is 5.67. The first-order chi connectivity index (χ1) is 8.31. The quantitative estimate of drug-likeness (QED) is 0.770. The molecule has 0 radical (unpaired) electrons. The molecular formula is C15H15FO. The Morgan fingerprint density at radius 1 is 1.00 bits per heavy atom. The third-order valence-electron chi connectivity index (χ3n) is 2.63. The van der Waals surface area contributed by atoms with Gasteiger partial charge in [-0.2, -0.15) is 0 Å². The van der Waals surface area contributed by atoms with Crippen LogP contribution in [-0.2, 0) is 11.3 Å². The van der Waals surface area contributed by atoms with E-state index in [1.165, 1.54) is 12.1 Å². The normalized spacial score (nSPS) is 10.5. The van der Waals surface area contributed by atoms with Gasteiger partial charge in [0.15, 0.2) is 0 Å². The Morgan fingerprint density at radius 3 is 2.41 bits per heavy atom. The van der Waals surface area contributed by atoms with Gasteiger partial charge in [0.2, 0.25) is 0 Å². The number of ether oxygens (including phenoxy) is 1. The minimum atomic E-state index is -0.212. The molecule has 17 heavy (non-hydrogen) atoms. The van der Waals surface area contributed by atoms with Crippen molar-refractivity contribution >= 4 is 0 Å². The minimum absolute atomic E-state index is 0.212. The zero-order valence-electron chi connectivity index (χ0n) is 9.82. The molecule has 0 atom stereocenters. The Balaban J connectivity index is 2.33. The third kappa shape index (κ3) is 2.92. The van der Waals surface area contributed by atoms with Crippen molar-refractivity contribution in [2.75, 3.05) is 6.61 Å². The second-order valence-electron chi connectivity index (χ2n) is 3.80. The summed E-state index contributed by atoms with van der Waals surface area (Å²) in [7, 11) is 0. The van der Waals surface area contributed by atoms with Crippen LogP contribution in [0.4, 0.5) is 4.39 Å². The van der Waals surface area contributed by atoms with Gasteiger partial charge in [0.1, 0.15) is 5.82 Å². The summed E-state index contributed by atoms with van der Waals surface area (Å²) < 4.78 is 18.3. The van der Waals surface area contributed by atoms with E-state index in [4.69, 9.17) is 4.74 Å². The fourth-order valence-corrected chi connectivity index (χ4v) is 1.77. The molecule has 0 aliphatic rings. The Morgan fingerprint density at radius 2 is 1.71 bits per heavy atom. The first kappa shape index (κ1) is 11.8. The van der Waals surface area contributed by atoms with E-state index >= 15 is 0 Å². The van der Waals surface area contributed by atoms with Gasteiger partial charge in [-0.25, -0.2) is 4.39 Å². The van der Waals surface area contributed by atoms with Gasteiger partial charge < -0.3 is 4.74 Å². The molecule has 0 unspecified atom stereocenters. The lowest BCUT2D eigenvalue weighted by Gasteiger charge is -2.09. The smallest absolute Gasteiger partial charge is 0.123 e. The fraction of sp³-hybridized carbons (Fsp3) is 0.200. The lowest BCUT2D eigenvalue weighted by atomic mass is 10.0. The molecule has 0 spiro atoms. The van der Waals surface area contributed by atoms with Crippen LogP contribution in [0.15, 0.2) is 48.5 Å². The van der Waals surface area contributed by atoms with Gasteiger partial charge in [-0.1, -0.05) is 36.4 Å². The lowest BCUT2D eigenvalue weighted by Crippen LogP contribution is -1.94. The predicted octanol–water partition coefficient (Wildman–Crippen LogP) is 4.03. The molecule has 0 heterocycles. The number of benzene rings is 2. The van der Waals surface area contributed by atoms with Crippen LogP contribution in [0.1, 0.15) is 12.5 Å². The molecule has 0 saturated carbocycles. The van der Waals surface area contributed by atoms with Crippen LogP contribution in [0.3, 0.4) is 0 Å². The van der Waals surface area contributed by atoms with Crippen LogP contribution < -0.4 is 0 Å². The molecule has 2 rings (SSSR count). The van der Waals surface area contributed by atoms with Crippen LogP contribution in [0.2, 0.25) is 0 Å². The van der Waals surface area contributed by atoms with Gasteiger partial charge in [-0.3, -0.25) is 0 Å². The zero-order chi connectivity index (χ0) is 12.1. The Kier molecular flexibility index (Phi) is 3.89. The molecule has 0 aliphatic heterocycles. The minimum Gasteiger partial charge on any atom is -0.377 e. The topological polar surface area (TPSA) is 9.23 Å². The highest BCUT2D eigenvalue weighted by Crippen LogP contribution is 2.24. The molecule has 1 nitrogen and oxygen atoms in total. The van der Waals surface area contributed by atoms with Crippen molar-refractivity contribution in [1.29, 1.82) is 0 Å². The van der Waals surface area contributed by atoms with Crippen molar-refractivity contribution in [3.8, 4) is 11.1 Å². The second-order valence-corrected chi connectivity index (χ2v) is 3.80. The van der Waals surface area contributed by atoms with Crippen LogP contribution in [0.25, 0.3) is 11.1 Å². The monoisotopic (exact) mass is 230 g/mol. The van der Waals surface area contributed by atoms with Gasteiger partial charge >= 0.3 is 0 Å². The van der Waals surface area contributed by atoms with Crippen molar-refractivity contribution < 1.29 is 9.13 Å². The van der Waals surface area contributed by atoms with Gasteiger partial charge in [0, 0.05) is 6.61 Å². The molecule has 2 aromatic carbocycles. The zero-order valence-corrected chi connectivity index (χ0v) is 9.82. The molecule has 2 aromatic rings. The van der Waals surface area contributed by atoms with Crippen LogP contribution in [-0.4, -0.2) is 6.61 Å². The van der Waals surface area contributed by atoms with E-state index in [9.17, 15) is 4.39 Å². The summed E-state index contributed by atoms with van der Waals surface area (Å²) in [5.74, 6) is -0.212. The Bertz CT molecular complexity index is 477. The van der Waals surface area contributed by atoms with Crippen molar-refractivity contribution in [3.05, 3.63) is 59.9 Å². The van der Waals surface area contributed by atoms with Gasteiger partial charge in [-0.15, -0.1) is 0 Å². The SMILES string of the molecule is CCOCc1ccccc1-c1ccc(F)cc1. The van der Waals surface area contributed by atoms with Crippen molar-refractivity contribution in [1.82, 2.24) is 0 Å². The maximum absolute atomic E-state index is 12.9. The first-order valence-electron chi connectivity index (χ1n) is 5.73. The maximum Gasteiger partial charge on any atom is 0.123 e. The Hall–Kier alpha value is -1.67. The summed E-state index contributed by atoms with van der Waals surface area (Å²) in [6.45, 7) is 3.25. The van der Waals surface area contributed by atoms with Crippen molar-refractivity contribution in [2.45, 2.75) is 13.5 Å². The molecule has 88 valence electrons. The molecule has 0 saturated heterocycles. The van der Waals surface area contributed by atoms with Gasteiger partial charge in [0.05, 0.1) is 6.61 Å². The molecule has 0 aromatic heterocycles. The van der Waals surface area contributed by atoms with E-state index in [-0.39, 0.29) is 5.82 Å². The van der Waals surface area contributed by atoms with Gasteiger partial charge in [-0.05, 0) is 35.7 Å². The number of halogens is 1. The van der Waals surface area contributed by atoms with Crippen LogP contribution in [0, 0.1) is 5.82 Å². The number of hydrogen-bond donors (Lipinski definition) is 0. The van der Waals surface area contributed by atoms with Crippen molar-refractivity contribution in [3.63, 3.8) is 0 Å². The molecule has 2 heteroatoms. The van der Waals surface area contributed by atoms with Crippen LogP contribution >= 0.6 is 0 Å². The number of hydrogen-bond acceptors (Lipinski definition) is 1. The summed E-state index contributed by atoms with van der Waals surface area (Å²) in [5, 5.41) is 0. The van der Waals surface area contributed by atoms with Crippen molar-refractivity contribution in [2.24, 2.45) is 0 Å². The highest BCUT2D eigenvalue weighted by atomic mass is 19.1. The summed E-state index contributed by atoms with van der Waals surface area (Å²) in [5.41, 5.74) is 3.24. The van der Waals surface area contributed by atoms with E-state index in [0.717, 1.165) is 16.7 Å². The van der Waals surface area contributed by atoms with E-state index in [2.05, 4.69) is 0 Å². The summed E-state index contributed by atoms with van der Waals surface area (Å²) in [6.07, 6.45) is 0. The second kappa shape index (κ2) is 5.60. The third-order valence-corrected chi connectivity index (χ3v) is 2.63. The van der Waals surface area contributed by atoms with E-state index < -0.39 is 0 Å². The summed E-state index contributed by atoms with van der Waals surface area (Å²) in [6, 6.07) is 14.6. The predicted molar refractivity (Wildman–Crippen MR) is 67.2 cm³/mol. The van der Waals surface area contributed by atoms with Gasteiger partial charge in [0.25, 0.3) is 0 Å². The summed E-state index contributed by atoms with van der Waals surface area (Å²) in [4.78, 5) is 0. The number of rotatable bonds is 4. The van der Waals surface area contributed by atoms with E-state index in [0.29, 0.717) is 13.2 Å². The molecule has 0 aliphatic carbocycles. The standard InChI is InChI=1S/C15H15FO/c1-2-17-11-13-5-3-4-6-15(13)12-7-9-14(16)10-8-12/h3-10H,2,11H2,1H3. The average molecular weight is 230 g/mol. The van der Waals surface area contributed by atoms with E-state index in [1.54, 1.807) is 12.1 Å². The molecule has 0 N–H and O–H groups in total. The largest absolute Gasteiger partial charge is 0.377 e. The average Bonchev–Trinajstić information content (AvgIpc) is 2.38. The first-order valence-corrected chi connectivity index (χ1v) is 5.73. The lowest BCUT2D eigenvalue weighted by molar-refractivity contribution is 0.134. The molecular weight excluding hydrogens is 215 g/mol. The fourth-order valence-electron chi connectivity index (χ4n) is 1.77. The Labute approximate surface area is 101 Å². The maximum atomic E-state index is 12.9. The van der Waals surface area contributed by atoms with Crippen LogP contribution in [0.5, 0.6) is 0 Å². The van der Waals surface area contributed by atoms with E-state index in [1.807, 2.05) is 31.2 Å². The molecule has 0 bridgehead atoms. The highest BCUT2D eigenvalue weighted by Gasteiger charge is 2.04. The molecule has 0 amide bonds. The molecule has 0 fully saturated rings.